The molecule has 0 saturated carbocycles. The average molecular weight is 168 g/mol. The van der Waals surface area contributed by atoms with Gasteiger partial charge in [0.2, 0.25) is 0 Å². The minimum absolute atomic E-state index is 0.127. The third-order valence-corrected chi connectivity index (χ3v) is 3.14. The average Bonchev–Trinajstić information content (AvgIpc) is 2.35. The van der Waals surface area contributed by atoms with Gasteiger partial charge in [-0.3, -0.25) is 0 Å². The molecule has 2 atom stereocenters. The van der Waals surface area contributed by atoms with E-state index in [4.69, 9.17) is 0 Å². The Bertz CT molecular complexity index is 177. The van der Waals surface area contributed by atoms with Gasteiger partial charge in [0, 0.05) is 19.1 Å². The van der Waals surface area contributed by atoms with E-state index in [1.165, 1.54) is 32.1 Å². The fourth-order valence-corrected chi connectivity index (χ4v) is 2.58. The normalized spacial score (nSPS) is 33.6. The van der Waals surface area contributed by atoms with Gasteiger partial charge in [0.25, 0.3) is 0 Å². The topological polar surface area (TPSA) is 32.3 Å². The lowest BCUT2D eigenvalue weighted by molar-refractivity contribution is 0.149. The number of hydrogen-bond acceptors (Lipinski definition) is 1. The second kappa shape index (κ2) is 2.96. The second-order valence-electron chi connectivity index (χ2n) is 3.78. The van der Waals surface area contributed by atoms with E-state index in [1.54, 1.807) is 7.05 Å². The van der Waals surface area contributed by atoms with Crippen molar-refractivity contribution in [1.29, 1.82) is 0 Å². The number of carbonyl (C=O) groups excluding carboxylic acids is 1. The highest BCUT2D eigenvalue weighted by atomic mass is 16.2. The molecule has 2 saturated heterocycles. The highest BCUT2D eigenvalue weighted by molar-refractivity contribution is 5.75. The first-order chi connectivity index (χ1) is 5.83. The molecule has 0 spiro atoms. The van der Waals surface area contributed by atoms with Gasteiger partial charge in [-0.25, -0.2) is 4.79 Å². The number of hydrogen-bond donors (Lipinski definition) is 1. The Labute approximate surface area is 73.1 Å². The van der Waals surface area contributed by atoms with Gasteiger partial charge < -0.3 is 10.2 Å². The third kappa shape index (κ3) is 1.08. The molecule has 2 amide bonds. The second-order valence-corrected chi connectivity index (χ2v) is 3.78. The summed E-state index contributed by atoms with van der Waals surface area (Å²) in [5.41, 5.74) is 0. The van der Waals surface area contributed by atoms with Crippen LogP contribution in [0.2, 0.25) is 0 Å². The molecule has 2 unspecified atom stereocenters. The van der Waals surface area contributed by atoms with Gasteiger partial charge in [0.15, 0.2) is 0 Å². The highest BCUT2D eigenvalue weighted by Crippen LogP contribution is 2.35. The molecule has 2 fully saturated rings. The number of urea groups is 1. The Morgan fingerprint density at radius 1 is 1.25 bits per heavy atom. The first-order valence-corrected chi connectivity index (χ1v) is 4.83. The highest BCUT2D eigenvalue weighted by Gasteiger charge is 2.38. The molecule has 0 aromatic heterocycles. The zero-order valence-corrected chi connectivity index (χ0v) is 7.55. The minimum Gasteiger partial charge on any atom is -0.341 e. The molecular weight excluding hydrogens is 152 g/mol. The van der Waals surface area contributed by atoms with Crippen LogP contribution in [0.3, 0.4) is 0 Å². The number of nitrogens with zero attached hydrogens (tertiary/aromatic N) is 1. The largest absolute Gasteiger partial charge is 0.341 e. The quantitative estimate of drug-likeness (QED) is 0.581. The lowest BCUT2D eigenvalue weighted by Gasteiger charge is -2.34. The molecule has 0 aromatic rings. The number of carbonyl (C=O) groups is 1. The molecule has 2 rings (SSSR count). The fourth-order valence-electron chi connectivity index (χ4n) is 2.58. The van der Waals surface area contributed by atoms with Crippen molar-refractivity contribution in [2.75, 3.05) is 7.05 Å². The Morgan fingerprint density at radius 3 is 2.33 bits per heavy atom. The Kier molecular flexibility index (Phi) is 1.95. The van der Waals surface area contributed by atoms with E-state index in [1.807, 2.05) is 0 Å². The van der Waals surface area contributed by atoms with Crippen LogP contribution in [-0.4, -0.2) is 30.1 Å². The van der Waals surface area contributed by atoms with Crippen molar-refractivity contribution in [3.05, 3.63) is 0 Å². The predicted octanol–water partition coefficient (Wildman–Crippen LogP) is 1.34. The van der Waals surface area contributed by atoms with Gasteiger partial charge in [-0.15, -0.1) is 0 Å². The van der Waals surface area contributed by atoms with Gasteiger partial charge in [-0.2, -0.15) is 0 Å². The van der Waals surface area contributed by atoms with E-state index in [2.05, 4.69) is 10.2 Å². The summed E-state index contributed by atoms with van der Waals surface area (Å²) in [6, 6.07) is 1.22. The SMILES string of the molecule is CNC(=O)N1C2CCCC1CC2. The van der Waals surface area contributed by atoms with Crippen LogP contribution in [0.4, 0.5) is 4.79 Å². The van der Waals surface area contributed by atoms with Gasteiger partial charge in [-0.1, -0.05) is 0 Å². The van der Waals surface area contributed by atoms with Crippen molar-refractivity contribution in [1.82, 2.24) is 10.2 Å². The van der Waals surface area contributed by atoms with Crippen molar-refractivity contribution in [3.8, 4) is 0 Å². The molecule has 68 valence electrons. The molecule has 3 nitrogen and oxygen atoms in total. The molecule has 2 heterocycles. The van der Waals surface area contributed by atoms with Crippen LogP contribution in [-0.2, 0) is 0 Å². The third-order valence-electron chi connectivity index (χ3n) is 3.14. The summed E-state index contributed by atoms with van der Waals surface area (Å²) >= 11 is 0. The van der Waals surface area contributed by atoms with Crippen LogP contribution in [0.1, 0.15) is 32.1 Å². The summed E-state index contributed by atoms with van der Waals surface area (Å²) in [5.74, 6) is 0. The van der Waals surface area contributed by atoms with Gasteiger partial charge in [-0.05, 0) is 32.1 Å². The summed E-state index contributed by atoms with van der Waals surface area (Å²) in [6.07, 6.45) is 6.17. The van der Waals surface area contributed by atoms with Crippen LogP contribution in [0, 0.1) is 0 Å². The van der Waals surface area contributed by atoms with Crippen molar-refractivity contribution in [2.24, 2.45) is 0 Å². The van der Waals surface area contributed by atoms with Crippen molar-refractivity contribution >= 4 is 6.03 Å². The minimum atomic E-state index is 0.127. The van der Waals surface area contributed by atoms with Crippen molar-refractivity contribution in [2.45, 2.75) is 44.2 Å². The summed E-state index contributed by atoms with van der Waals surface area (Å²) in [4.78, 5) is 13.5. The Morgan fingerprint density at radius 2 is 1.83 bits per heavy atom. The standard InChI is InChI=1S/C9H16N2O/c1-10-9(12)11-7-3-2-4-8(11)6-5-7/h7-8H,2-6H2,1H3,(H,10,12). The van der Waals surface area contributed by atoms with Crippen LogP contribution < -0.4 is 5.32 Å². The van der Waals surface area contributed by atoms with Crippen molar-refractivity contribution in [3.63, 3.8) is 0 Å². The zero-order valence-electron chi connectivity index (χ0n) is 7.55. The Balaban J connectivity index is 2.10. The zero-order chi connectivity index (χ0) is 8.55. The number of nitrogens with one attached hydrogen (secondary N) is 1. The van der Waals surface area contributed by atoms with Gasteiger partial charge >= 0.3 is 6.03 Å². The smallest absolute Gasteiger partial charge is 0.317 e. The number of piperidine rings is 1. The lowest BCUT2D eigenvalue weighted by atomic mass is 10.0. The van der Waals surface area contributed by atoms with Gasteiger partial charge in [0.05, 0.1) is 0 Å². The van der Waals surface area contributed by atoms with E-state index in [-0.39, 0.29) is 6.03 Å². The van der Waals surface area contributed by atoms with E-state index >= 15 is 0 Å². The summed E-state index contributed by atoms with van der Waals surface area (Å²) < 4.78 is 0. The molecule has 3 heteroatoms. The molecule has 2 aliphatic heterocycles. The maximum Gasteiger partial charge on any atom is 0.317 e. The van der Waals surface area contributed by atoms with Crippen LogP contribution in [0.15, 0.2) is 0 Å². The summed E-state index contributed by atoms with van der Waals surface area (Å²) in [6.45, 7) is 0. The molecule has 2 aliphatic rings. The van der Waals surface area contributed by atoms with Crippen LogP contribution >= 0.6 is 0 Å². The van der Waals surface area contributed by atoms with Crippen molar-refractivity contribution < 1.29 is 4.79 Å². The van der Waals surface area contributed by atoms with E-state index in [9.17, 15) is 4.79 Å². The number of rotatable bonds is 0. The Hall–Kier alpha value is -0.730. The van der Waals surface area contributed by atoms with Crippen LogP contribution in [0.5, 0.6) is 0 Å². The predicted molar refractivity (Wildman–Crippen MR) is 47.0 cm³/mol. The van der Waals surface area contributed by atoms with E-state index in [0.717, 1.165) is 0 Å². The maximum atomic E-state index is 11.4. The van der Waals surface area contributed by atoms with Gasteiger partial charge in [0.1, 0.15) is 0 Å². The first-order valence-electron chi connectivity index (χ1n) is 4.83. The lowest BCUT2D eigenvalue weighted by Crippen LogP contribution is -2.47. The maximum absolute atomic E-state index is 11.4. The van der Waals surface area contributed by atoms with E-state index < -0.39 is 0 Å². The monoisotopic (exact) mass is 168 g/mol. The molecule has 0 aliphatic carbocycles. The van der Waals surface area contributed by atoms with Crippen LogP contribution in [0.25, 0.3) is 0 Å². The fraction of sp³-hybridized carbons (Fsp3) is 0.889. The summed E-state index contributed by atoms with van der Waals surface area (Å²) in [5, 5.41) is 2.72. The number of fused-ring (bicyclic) bond motifs is 2. The molecular formula is C9H16N2O. The molecule has 1 N–H and O–H groups in total. The number of amides is 2. The first kappa shape index (κ1) is 7.90. The molecule has 0 radical (unpaired) electrons. The molecule has 0 aromatic carbocycles. The van der Waals surface area contributed by atoms with E-state index in [0.29, 0.717) is 12.1 Å². The summed E-state index contributed by atoms with van der Waals surface area (Å²) in [7, 11) is 1.72. The molecule has 2 bridgehead atoms. The molecule has 12 heavy (non-hydrogen) atoms.